The molecule has 1 aliphatic heterocycles. The number of benzene rings is 2. The molecule has 5 nitrogen and oxygen atoms in total. The molecule has 1 fully saturated rings. The van der Waals surface area contributed by atoms with Crippen molar-refractivity contribution in [1.29, 1.82) is 0 Å². The zero-order chi connectivity index (χ0) is 20.8. The van der Waals surface area contributed by atoms with Crippen LogP contribution in [-0.4, -0.2) is 30.2 Å². The standard InChI is InChI=1S/C23H29N3O2S/c1-16(2)28-21-6-4-5-18(15-21)22(27)25-23(29)24-19-7-9-20(10-8-19)26-13-11-17(3)12-14-26/h4-10,15-17H,11-14H2,1-3H3,(H2,24,25,27,29). The second-order valence-corrected chi connectivity index (χ2v) is 8.23. The number of rotatable bonds is 5. The van der Waals surface area contributed by atoms with Crippen molar-refractivity contribution in [2.24, 2.45) is 5.92 Å². The third-order valence-corrected chi connectivity index (χ3v) is 5.17. The molecule has 2 aromatic rings. The van der Waals surface area contributed by atoms with Crippen molar-refractivity contribution < 1.29 is 9.53 Å². The van der Waals surface area contributed by atoms with E-state index >= 15 is 0 Å². The van der Waals surface area contributed by atoms with Gasteiger partial charge in [-0.25, -0.2) is 0 Å². The lowest BCUT2D eigenvalue weighted by Crippen LogP contribution is -2.34. The largest absolute Gasteiger partial charge is 0.491 e. The number of carbonyl (C=O) groups is 1. The molecule has 1 amide bonds. The Balaban J connectivity index is 1.54. The van der Waals surface area contributed by atoms with E-state index in [2.05, 4.69) is 34.6 Å². The van der Waals surface area contributed by atoms with Crippen LogP contribution in [0.5, 0.6) is 5.75 Å². The Kier molecular flexibility index (Phi) is 7.09. The van der Waals surface area contributed by atoms with Crippen LogP contribution in [0.25, 0.3) is 0 Å². The number of anilines is 2. The monoisotopic (exact) mass is 411 g/mol. The molecule has 1 saturated heterocycles. The summed E-state index contributed by atoms with van der Waals surface area (Å²) in [7, 11) is 0. The Bertz CT molecular complexity index is 843. The Morgan fingerprint density at radius 1 is 1.14 bits per heavy atom. The highest BCUT2D eigenvalue weighted by atomic mass is 32.1. The van der Waals surface area contributed by atoms with Gasteiger partial charge in [0.25, 0.3) is 5.91 Å². The Morgan fingerprint density at radius 2 is 1.83 bits per heavy atom. The smallest absolute Gasteiger partial charge is 0.257 e. The van der Waals surface area contributed by atoms with E-state index in [1.807, 2.05) is 32.0 Å². The van der Waals surface area contributed by atoms with Crippen molar-refractivity contribution in [3.8, 4) is 5.75 Å². The molecule has 154 valence electrons. The van der Waals surface area contributed by atoms with Crippen molar-refractivity contribution >= 4 is 34.6 Å². The van der Waals surface area contributed by atoms with Crippen molar-refractivity contribution in [1.82, 2.24) is 5.32 Å². The minimum absolute atomic E-state index is 0.0485. The number of thiocarbonyl (C=S) groups is 1. The number of nitrogens with one attached hydrogen (secondary N) is 2. The predicted molar refractivity (Wildman–Crippen MR) is 123 cm³/mol. The third-order valence-electron chi connectivity index (χ3n) is 4.97. The van der Waals surface area contributed by atoms with Crippen LogP contribution in [0.4, 0.5) is 11.4 Å². The first-order valence-electron chi connectivity index (χ1n) is 10.1. The molecule has 0 unspecified atom stereocenters. The van der Waals surface area contributed by atoms with E-state index in [1.165, 1.54) is 18.5 Å². The summed E-state index contributed by atoms with van der Waals surface area (Å²) < 4.78 is 5.64. The fourth-order valence-electron chi connectivity index (χ4n) is 3.34. The molecule has 0 spiro atoms. The number of piperidine rings is 1. The molecule has 29 heavy (non-hydrogen) atoms. The van der Waals surface area contributed by atoms with Gasteiger partial charge in [-0.2, -0.15) is 0 Å². The van der Waals surface area contributed by atoms with Crippen molar-refractivity contribution in [2.75, 3.05) is 23.3 Å². The van der Waals surface area contributed by atoms with Gasteiger partial charge in [0.2, 0.25) is 0 Å². The first kappa shape index (κ1) is 21.1. The molecule has 0 radical (unpaired) electrons. The van der Waals surface area contributed by atoms with Crippen LogP contribution < -0.4 is 20.3 Å². The maximum atomic E-state index is 12.5. The molecule has 0 bridgehead atoms. The van der Waals surface area contributed by atoms with Crippen LogP contribution in [0.1, 0.15) is 44.0 Å². The van der Waals surface area contributed by atoms with Gasteiger partial charge in [0, 0.05) is 30.0 Å². The SMILES string of the molecule is CC1CCN(c2ccc(NC(=S)NC(=O)c3cccc(OC(C)C)c3)cc2)CC1. The van der Waals surface area contributed by atoms with Crippen molar-refractivity contribution in [3.05, 3.63) is 54.1 Å². The zero-order valence-electron chi connectivity index (χ0n) is 17.3. The van der Waals surface area contributed by atoms with Crippen LogP contribution in [0, 0.1) is 5.92 Å². The summed E-state index contributed by atoms with van der Waals surface area (Å²) >= 11 is 5.30. The van der Waals surface area contributed by atoms with E-state index in [-0.39, 0.29) is 17.1 Å². The summed E-state index contributed by atoms with van der Waals surface area (Å²) in [5, 5.41) is 6.07. The Labute approximate surface area is 178 Å². The average Bonchev–Trinajstić information content (AvgIpc) is 2.69. The second-order valence-electron chi connectivity index (χ2n) is 7.82. The lowest BCUT2D eigenvalue weighted by molar-refractivity contribution is 0.0977. The second kappa shape index (κ2) is 9.74. The topological polar surface area (TPSA) is 53.6 Å². The first-order valence-corrected chi connectivity index (χ1v) is 10.6. The molecule has 6 heteroatoms. The molecule has 0 aliphatic carbocycles. The van der Waals surface area contributed by atoms with Crippen LogP contribution >= 0.6 is 12.2 Å². The van der Waals surface area contributed by atoms with Gasteiger partial charge in [0.15, 0.2) is 5.11 Å². The predicted octanol–water partition coefficient (Wildman–Crippen LogP) is 4.84. The summed E-state index contributed by atoms with van der Waals surface area (Å²) in [6.45, 7) is 8.41. The van der Waals surface area contributed by atoms with Gasteiger partial charge in [-0.1, -0.05) is 13.0 Å². The lowest BCUT2D eigenvalue weighted by atomic mass is 9.99. The minimum atomic E-state index is -0.268. The van der Waals surface area contributed by atoms with E-state index in [0.29, 0.717) is 11.3 Å². The number of nitrogens with zero attached hydrogens (tertiary/aromatic N) is 1. The van der Waals surface area contributed by atoms with E-state index in [4.69, 9.17) is 17.0 Å². The maximum absolute atomic E-state index is 12.5. The molecule has 3 rings (SSSR count). The van der Waals surface area contributed by atoms with Gasteiger partial charge in [-0.15, -0.1) is 0 Å². The number of carbonyl (C=O) groups excluding carboxylic acids is 1. The first-order chi connectivity index (χ1) is 13.9. The fourth-order valence-corrected chi connectivity index (χ4v) is 3.55. The molecule has 0 aromatic heterocycles. The van der Waals surface area contributed by atoms with Gasteiger partial charge < -0.3 is 15.0 Å². The third kappa shape index (κ3) is 6.19. The minimum Gasteiger partial charge on any atom is -0.491 e. The summed E-state index contributed by atoms with van der Waals surface area (Å²) in [5.41, 5.74) is 2.57. The van der Waals surface area contributed by atoms with Crippen LogP contribution in [0.3, 0.4) is 0 Å². The molecule has 1 heterocycles. The average molecular weight is 412 g/mol. The van der Waals surface area contributed by atoms with E-state index in [0.717, 1.165) is 24.7 Å². The molecule has 0 atom stereocenters. The van der Waals surface area contributed by atoms with Crippen LogP contribution in [0.2, 0.25) is 0 Å². The Hall–Kier alpha value is -2.60. The number of hydrogen-bond donors (Lipinski definition) is 2. The molecular formula is C23H29N3O2S. The number of amides is 1. The highest BCUT2D eigenvalue weighted by Gasteiger charge is 2.16. The Morgan fingerprint density at radius 3 is 2.48 bits per heavy atom. The van der Waals surface area contributed by atoms with Crippen molar-refractivity contribution in [3.63, 3.8) is 0 Å². The van der Waals surface area contributed by atoms with Gasteiger partial charge in [-0.3, -0.25) is 10.1 Å². The summed E-state index contributed by atoms with van der Waals surface area (Å²) in [6, 6.07) is 15.2. The van der Waals surface area contributed by atoms with E-state index in [1.54, 1.807) is 18.2 Å². The van der Waals surface area contributed by atoms with Gasteiger partial charge >= 0.3 is 0 Å². The molecular weight excluding hydrogens is 382 g/mol. The molecule has 2 aromatic carbocycles. The summed E-state index contributed by atoms with van der Waals surface area (Å²) in [4.78, 5) is 14.9. The van der Waals surface area contributed by atoms with Gasteiger partial charge in [0.05, 0.1) is 6.10 Å². The number of hydrogen-bond acceptors (Lipinski definition) is 4. The highest BCUT2D eigenvalue weighted by molar-refractivity contribution is 7.80. The molecule has 0 saturated carbocycles. The molecule has 2 N–H and O–H groups in total. The zero-order valence-corrected chi connectivity index (χ0v) is 18.1. The number of ether oxygens (including phenoxy) is 1. The highest BCUT2D eigenvalue weighted by Crippen LogP contribution is 2.24. The normalized spacial score (nSPS) is 14.6. The van der Waals surface area contributed by atoms with Gasteiger partial charge in [-0.05, 0) is 87.3 Å². The summed E-state index contributed by atoms with van der Waals surface area (Å²) in [6.07, 6.45) is 2.52. The molecule has 1 aliphatic rings. The quantitative estimate of drug-likeness (QED) is 0.690. The maximum Gasteiger partial charge on any atom is 0.257 e. The lowest BCUT2D eigenvalue weighted by Gasteiger charge is -2.32. The van der Waals surface area contributed by atoms with Gasteiger partial charge in [0.1, 0.15) is 5.75 Å². The van der Waals surface area contributed by atoms with Crippen LogP contribution in [-0.2, 0) is 0 Å². The van der Waals surface area contributed by atoms with Crippen LogP contribution in [0.15, 0.2) is 48.5 Å². The van der Waals surface area contributed by atoms with E-state index in [9.17, 15) is 4.79 Å². The summed E-state index contributed by atoms with van der Waals surface area (Å²) in [5.74, 6) is 1.20. The van der Waals surface area contributed by atoms with E-state index < -0.39 is 0 Å². The fraction of sp³-hybridized carbons (Fsp3) is 0.391. The van der Waals surface area contributed by atoms with Crippen molar-refractivity contribution in [2.45, 2.75) is 39.7 Å².